The van der Waals surface area contributed by atoms with Gasteiger partial charge < -0.3 is 10.3 Å². The third-order valence-electron chi connectivity index (χ3n) is 2.91. The van der Waals surface area contributed by atoms with Gasteiger partial charge in [-0.25, -0.2) is 0 Å². The van der Waals surface area contributed by atoms with Gasteiger partial charge in [-0.05, 0) is 24.8 Å². The fourth-order valence-electron chi connectivity index (χ4n) is 2.21. The molecule has 2 N–H and O–H groups in total. The first kappa shape index (κ1) is 8.67. The fourth-order valence-corrected chi connectivity index (χ4v) is 2.21. The van der Waals surface area contributed by atoms with Crippen LogP contribution in [0.2, 0.25) is 0 Å². The second kappa shape index (κ2) is 3.86. The highest BCUT2D eigenvalue weighted by atomic mass is 14.9. The molecule has 0 spiro atoms. The van der Waals surface area contributed by atoms with E-state index in [1.54, 1.807) is 0 Å². The van der Waals surface area contributed by atoms with Gasteiger partial charge in [0.15, 0.2) is 0 Å². The van der Waals surface area contributed by atoms with Crippen molar-refractivity contribution in [3.8, 4) is 0 Å². The molecule has 0 aliphatic heterocycles. The van der Waals surface area contributed by atoms with Gasteiger partial charge in [-0.15, -0.1) is 0 Å². The van der Waals surface area contributed by atoms with Crippen LogP contribution in [0.25, 0.3) is 0 Å². The van der Waals surface area contributed by atoms with E-state index in [1.165, 1.54) is 31.4 Å². The summed E-state index contributed by atoms with van der Waals surface area (Å²) in [6.45, 7) is 2.35. The number of rotatable bonds is 2. The molecule has 72 valence electrons. The van der Waals surface area contributed by atoms with Crippen molar-refractivity contribution in [1.29, 1.82) is 0 Å². The molecule has 2 atom stereocenters. The molecule has 1 aromatic heterocycles. The molecule has 13 heavy (non-hydrogen) atoms. The zero-order valence-electron chi connectivity index (χ0n) is 8.22. The molecule has 2 nitrogen and oxygen atoms in total. The van der Waals surface area contributed by atoms with E-state index in [4.69, 9.17) is 0 Å². The summed E-state index contributed by atoms with van der Waals surface area (Å²) in [6, 6.07) is 2.79. The Bertz CT molecular complexity index is 241. The van der Waals surface area contributed by atoms with Gasteiger partial charge >= 0.3 is 0 Å². The molecular formula is C11H18N2. The Hall–Kier alpha value is -0.920. The molecule has 1 aromatic rings. The molecule has 1 saturated carbocycles. The topological polar surface area (TPSA) is 27.8 Å². The van der Waals surface area contributed by atoms with Crippen LogP contribution >= 0.6 is 0 Å². The lowest BCUT2D eigenvalue weighted by Gasteiger charge is -2.27. The number of hydrogen-bond donors (Lipinski definition) is 2. The molecule has 0 bridgehead atoms. The third kappa shape index (κ3) is 2.27. The summed E-state index contributed by atoms with van der Waals surface area (Å²) >= 11 is 0. The minimum atomic E-state index is 0.694. The zero-order chi connectivity index (χ0) is 9.10. The smallest absolute Gasteiger partial charge is 0.0519 e. The summed E-state index contributed by atoms with van der Waals surface area (Å²) in [4.78, 5) is 3.07. The maximum absolute atomic E-state index is 3.56. The predicted molar refractivity (Wildman–Crippen MR) is 55.8 cm³/mol. The van der Waals surface area contributed by atoms with Crippen molar-refractivity contribution in [3.63, 3.8) is 0 Å². The van der Waals surface area contributed by atoms with E-state index >= 15 is 0 Å². The van der Waals surface area contributed by atoms with Crippen LogP contribution in [0.15, 0.2) is 18.5 Å². The van der Waals surface area contributed by atoms with Crippen LogP contribution in [0.5, 0.6) is 0 Å². The monoisotopic (exact) mass is 178 g/mol. The first-order chi connectivity index (χ1) is 6.34. The Balaban J connectivity index is 1.87. The summed E-state index contributed by atoms with van der Waals surface area (Å²) in [6.07, 6.45) is 9.43. The molecule has 2 unspecified atom stereocenters. The van der Waals surface area contributed by atoms with E-state index in [1.807, 2.05) is 12.4 Å². The molecule has 0 amide bonds. The minimum Gasteiger partial charge on any atom is -0.381 e. The Morgan fingerprint density at radius 2 is 2.38 bits per heavy atom. The molecule has 1 aliphatic carbocycles. The van der Waals surface area contributed by atoms with Crippen LogP contribution in [0, 0.1) is 5.92 Å². The lowest BCUT2D eigenvalue weighted by Crippen LogP contribution is -2.25. The molecule has 2 heteroatoms. The van der Waals surface area contributed by atoms with Gasteiger partial charge in [-0.2, -0.15) is 0 Å². The van der Waals surface area contributed by atoms with Crippen molar-refractivity contribution in [2.24, 2.45) is 5.92 Å². The van der Waals surface area contributed by atoms with E-state index in [0.29, 0.717) is 6.04 Å². The Labute approximate surface area is 79.7 Å². The summed E-state index contributed by atoms with van der Waals surface area (Å²) < 4.78 is 0. The predicted octanol–water partition coefficient (Wildman–Crippen LogP) is 3.01. The fraction of sp³-hybridized carbons (Fsp3) is 0.636. The number of nitrogens with one attached hydrogen (secondary N) is 2. The van der Waals surface area contributed by atoms with Gasteiger partial charge in [0, 0.05) is 18.4 Å². The van der Waals surface area contributed by atoms with Gasteiger partial charge in [0.05, 0.1) is 5.69 Å². The lowest BCUT2D eigenvalue weighted by atomic mass is 9.87. The van der Waals surface area contributed by atoms with Crippen LogP contribution in [0.1, 0.15) is 32.6 Å². The van der Waals surface area contributed by atoms with Gasteiger partial charge in [0.2, 0.25) is 0 Å². The third-order valence-corrected chi connectivity index (χ3v) is 2.91. The Morgan fingerprint density at radius 3 is 3.08 bits per heavy atom. The number of hydrogen-bond acceptors (Lipinski definition) is 1. The van der Waals surface area contributed by atoms with Crippen LogP contribution in [0.4, 0.5) is 5.69 Å². The largest absolute Gasteiger partial charge is 0.381 e. The summed E-state index contributed by atoms with van der Waals surface area (Å²) in [5.74, 6) is 0.894. The summed E-state index contributed by atoms with van der Waals surface area (Å²) in [5.41, 5.74) is 1.24. The van der Waals surface area contributed by atoms with Gasteiger partial charge in [-0.1, -0.05) is 19.8 Å². The highest BCUT2D eigenvalue weighted by Gasteiger charge is 2.18. The first-order valence-electron chi connectivity index (χ1n) is 5.24. The molecule has 0 radical (unpaired) electrons. The molecule has 2 rings (SSSR count). The number of aromatic nitrogens is 1. The standard InChI is InChI=1S/C11H18N2/c1-9-3-2-4-10(7-9)13-11-5-6-12-8-11/h5-6,8-10,12-13H,2-4,7H2,1H3. The van der Waals surface area contributed by atoms with Crippen molar-refractivity contribution in [2.45, 2.75) is 38.6 Å². The normalized spacial score (nSPS) is 28.7. The molecule has 0 saturated heterocycles. The van der Waals surface area contributed by atoms with Gasteiger partial charge in [-0.3, -0.25) is 0 Å². The van der Waals surface area contributed by atoms with Gasteiger partial charge in [0.1, 0.15) is 0 Å². The van der Waals surface area contributed by atoms with Crippen molar-refractivity contribution in [2.75, 3.05) is 5.32 Å². The minimum absolute atomic E-state index is 0.694. The molecule has 1 aliphatic rings. The first-order valence-corrected chi connectivity index (χ1v) is 5.24. The Kier molecular flexibility index (Phi) is 2.57. The van der Waals surface area contributed by atoms with Crippen molar-refractivity contribution < 1.29 is 0 Å². The van der Waals surface area contributed by atoms with Gasteiger partial charge in [0.25, 0.3) is 0 Å². The maximum atomic E-state index is 3.56. The lowest BCUT2D eigenvalue weighted by molar-refractivity contribution is 0.358. The molecule has 1 heterocycles. The quantitative estimate of drug-likeness (QED) is 0.716. The van der Waals surface area contributed by atoms with Crippen molar-refractivity contribution in [1.82, 2.24) is 4.98 Å². The number of anilines is 1. The van der Waals surface area contributed by atoms with E-state index in [9.17, 15) is 0 Å². The number of aromatic amines is 1. The average Bonchev–Trinajstić information content (AvgIpc) is 2.57. The van der Waals surface area contributed by atoms with E-state index in [0.717, 1.165) is 5.92 Å². The van der Waals surface area contributed by atoms with Crippen molar-refractivity contribution in [3.05, 3.63) is 18.5 Å². The number of H-pyrrole nitrogens is 1. The second-order valence-corrected chi connectivity index (χ2v) is 4.21. The SMILES string of the molecule is CC1CCCC(Nc2cc[nH]c2)C1. The van der Waals surface area contributed by atoms with E-state index in [-0.39, 0.29) is 0 Å². The highest BCUT2D eigenvalue weighted by molar-refractivity contribution is 5.41. The van der Waals surface area contributed by atoms with E-state index < -0.39 is 0 Å². The van der Waals surface area contributed by atoms with Crippen LogP contribution in [0.3, 0.4) is 0 Å². The van der Waals surface area contributed by atoms with Crippen molar-refractivity contribution >= 4 is 5.69 Å². The maximum Gasteiger partial charge on any atom is 0.0519 e. The highest BCUT2D eigenvalue weighted by Crippen LogP contribution is 2.25. The van der Waals surface area contributed by atoms with Crippen LogP contribution in [-0.2, 0) is 0 Å². The van der Waals surface area contributed by atoms with Crippen LogP contribution < -0.4 is 5.32 Å². The molecule has 1 fully saturated rings. The molecule has 0 aromatic carbocycles. The summed E-state index contributed by atoms with van der Waals surface area (Å²) in [7, 11) is 0. The molecular weight excluding hydrogens is 160 g/mol. The average molecular weight is 178 g/mol. The summed E-state index contributed by atoms with van der Waals surface area (Å²) in [5, 5.41) is 3.56. The Morgan fingerprint density at radius 1 is 1.46 bits per heavy atom. The zero-order valence-corrected chi connectivity index (χ0v) is 8.22. The van der Waals surface area contributed by atoms with Crippen LogP contribution in [-0.4, -0.2) is 11.0 Å². The van der Waals surface area contributed by atoms with E-state index in [2.05, 4.69) is 23.3 Å². The second-order valence-electron chi connectivity index (χ2n) is 4.21.